The number of benzene rings is 4. The molecule has 0 spiro atoms. The molecule has 8 rings (SSSR count). The fraction of sp³-hybridized carbons (Fsp3) is 0.576. The minimum atomic E-state index is -0.527. The lowest BCUT2D eigenvalue weighted by molar-refractivity contribution is -0.206. The van der Waals surface area contributed by atoms with Gasteiger partial charge in [-0.3, -0.25) is 0 Å². The van der Waals surface area contributed by atoms with E-state index in [1.807, 2.05) is 12.1 Å². The Morgan fingerprint density at radius 2 is 0.524 bits per heavy atom. The SMILES string of the molecule is CCCCC1COC(c2ccc(C#N)c(F)c2)OC1.CCCCCC1COC(c2ccc(C#N)c(F)c2)OC1.CCCCCCC1COC(c2ccc(C#N)c(F)c2)OC1.CCCCCCCC1COC(c2ccc(C#N)c(F)c2)OC1. The summed E-state index contributed by atoms with van der Waals surface area (Å²) in [5.74, 6) is -0.375. The van der Waals surface area contributed by atoms with E-state index in [4.69, 9.17) is 58.9 Å². The van der Waals surface area contributed by atoms with Gasteiger partial charge in [-0.25, -0.2) is 17.6 Å². The topological polar surface area (TPSA) is 169 Å². The highest BCUT2D eigenvalue weighted by Gasteiger charge is 2.28. The summed E-state index contributed by atoms with van der Waals surface area (Å²) >= 11 is 0. The number of hydrogen-bond acceptors (Lipinski definition) is 12. The second kappa shape index (κ2) is 38.2. The molecule has 16 heteroatoms. The van der Waals surface area contributed by atoms with E-state index in [2.05, 4.69) is 27.7 Å². The average molecular weight is 1140 g/mol. The quantitative estimate of drug-likeness (QED) is 0.0540. The highest BCUT2D eigenvalue weighted by atomic mass is 19.1. The minimum absolute atomic E-state index is 0.0420. The van der Waals surface area contributed by atoms with Crippen LogP contribution in [0.2, 0.25) is 0 Å². The fourth-order valence-electron chi connectivity index (χ4n) is 9.76. The van der Waals surface area contributed by atoms with E-state index in [1.165, 1.54) is 138 Å². The van der Waals surface area contributed by atoms with Crippen LogP contribution < -0.4 is 0 Å². The number of rotatable bonds is 22. The second-order valence-corrected chi connectivity index (χ2v) is 21.6. The van der Waals surface area contributed by atoms with Crippen LogP contribution in [0.1, 0.15) is 213 Å². The van der Waals surface area contributed by atoms with Crippen LogP contribution in [0.4, 0.5) is 17.6 Å². The van der Waals surface area contributed by atoms with E-state index in [0.717, 1.165) is 25.7 Å². The van der Waals surface area contributed by atoms with Crippen molar-refractivity contribution in [1.82, 2.24) is 0 Å². The maximum absolute atomic E-state index is 13.6. The molecule has 4 aromatic rings. The van der Waals surface area contributed by atoms with Crippen molar-refractivity contribution in [2.75, 3.05) is 52.9 Å². The molecule has 0 atom stereocenters. The molecule has 0 unspecified atom stereocenters. The van der Waals surface area contributed by atoms with Crippen LogP contribution in [0.25, 0.3) is 0 Å². The van der Waals surface area contributed by atoms with Crippen molar-refractivity contribution in [3.8, 4) is 24.3 Å². The van der Waals surface area contributed by atoms with Gasteiger partial charge < -0.3 is 37.9 Å². The molecular formula is C66H84F4N4O8. The summed E-state index contributed by atoms with van der Waals surface area (Å²) in [5, 5.41) is 34.8. The van der Waals surface area contributed by atoms with Gasteiger partial charge in [-0.1, -0.05) is 142 Å². The summed E-state index contributed by atoms with van der Waals surface area (Å²) in [5.41, 5.74) is 2.71. The summed E-state index contributed by atoms with van der Waals surface area (Å²) in [6.45, 7) is 14.0. The van der Waals surface area contributed by atoms with Gasteiger partial charge in [0.1, 0.15) is 47.5 Å². The fourth-order valence-corrected chi connectivity index (χ4v) is 9.76. The number of nitriles is 4. The Balaban J connectivity index is 0.000000201. The van der Waals surface area contributed by atoms with E-state index >= 15 is 0 Å². The molecule has 0 aromatic heterocycles. The molecule has 444 valence electrons. The highest BCUT2D eigenvalue weighted by Crippen LogP contribution is 2.32. The minimum Gasteiger partial charge on any atom is -0.348 e. The van der Waals surface area contributed by atoms with Crippen LogP contribution in [-0.2, 0) is 37.9 Å². The van der Waals surface area contributed by atoms with Crippen molar-refractivity contribution in [1.29, 1.82) is 21.0 Å². The van der Waals surface area contributed by atoms with Gasteiger partial charge in [0.25, 0.3) is 0 Å². The third-order valence-electron chi connectivity index (χ3n) is 14.8. The molecule has 4 aliphatic rings. The number of ether oxygens (including phenoxy) is 8. The Morgan fingerprint density at radius 3 is 0.756 bits per heavy atom. The van der Waals surface area contributed by atoms with Crippen LogP contribution in [0, 0.1) is 92.3 Å². The molecule has 0 amide bonds. The number of unbranched alkanes of at least 4 members (excludes halogenated alkanes) is 10. The summed E-state index contributed by atoms with van der Waals surface area (Å²) in [6, 6.07) is 25.1. The van der Waals surface area contributed by atoms with Crippen LogP contribution in [0.5, 0.6) is 0 Å². The van der Waals surface area contributed by atoms with Crippen molar-refractivity contribution in [2.24, 2.45) is 23.7 Å². The lowest BCUT2D eigenvalue weighted by Crippen LogP contribution is -2.27. The zero-order valence-electron chi connectivity index (χ0n) is 48.5. The molecule has 0 saturated carbocycles. The molecule has 4 aliphatic heterocycles. The Morgan fingerprint density at radius 1 is 0.317 bits per heavy atom. The average Bonchev–Trinajstić information content (AvgIpc) is 3.63. The van der Waals surface area contributed by atoms with Gasteiger partial charge in [0.15, 0.2) is 25.2 Å². The normalized spacial score (nSPS) is 22.2. The molecular weight excluding hydrogens is 1050 g/mol. The largest absolute Gasteiger partial charge is 0.348 e. The number of nitrogens with zero attached hydrogens (tertiary/aromatic N) is 4. The van der Waals surface area contributed by atoms with Crippen LogP contribution in [0.15, 0.2) is 72.8 Å². The van der Waals surface area contributed by atoms with Crippen molar-refractivity contribution in [3.05, 3.63) is 141 Å². The van der Waals surface area contributed by atoms with Gasteiger partial charge in [-0.05, 0) is 74.2 Å². The Kier molecular flexibility index (Phi) is 31.2. The lowest BCUT2D eigenvalue weighted by atomic mass is 10.0. The third-order valence-corrected chi connectivity index (χ3v) is 14.8. The predicted octanol–water partition coefficient (Wildman–Crippen LogP) is 16.5. The zero-order valence-corrected chi connectivity index (χ0v) is 48.5. The third kappa shape index (κ3) is 22.8. The van der Waals surface area contributed by atoms with E-state index < -0.39 is 48.4 Å². The van der Waals surface area contributed by atoms with Gasteiger partial charge in [-0.2, -0.15) is 21.0 Å². The Bertz CT molecular complexity index is 2660. The molecule has 0 aliphatic carbocycles. The first kappa shape index (κ1) is 67.0. The predicted molar refractivity (Wildman–Crippen MR) is 303 cm³/mol. The first-order valence-corrected chi connectivity index (χ1v) is 29.7. The van der Waals surface area contributed by atoms with Gasteiger partial charge >= 0.3 is 0 Å². The van der Waals surface area contributed by atoms with Gasteiger partial charge in [0.2, 0.25) is 0 Å². The number of halogens is 4. The van der Waals surface area contributed by atoms with Crippen molar-refractivity contribution >= 4 is 0 Å². The second-order valence-electron chi connectivity index (χ2n) is 21.6. The van der Waals surface area contributed by atoms with Crippen molar-refractivity contribution < 1.29 is 55.5 Å². The summed E-state index contributed by atoms with van der Waals surface area (Å²) < 4.78 is 99.7. The summed E-state index contributed by atoms with van der Waals surface area (Å²) in [6.07, 6.45) is 19.7. The van der Waals surface area contributed by atoms with Gasteiger partial charge in [0.05, 0.1) is 75.1 Å². The number of hydrogen-bond donors (Lipinski definition) is 0. The molecule has 4 aromatic carbocycles. The maximum Gasteiger partial charge on any atom is 0.183 e. The molecule has 4 heterocycles. The van der Waals surface area contributed by atoms with E-state index in [1.54, 1.807) is 36.4 Å². The lowest BCUT2D eigenvalue weighted by Gasteiger charge is -2.29. The van der Waals surface area contributed by atoms with Crippen LogP contribution in [-0.4, -0.2) is 52.9 Å². The molecule has 4 fully saturated rings. The molecule has 82 heavy (non-hydrogen) atoms. The monoisotopic (exact) mass is 1140 g/mol. The molecule has 0 bridgehead atoms. The van der Waals surface area contributed by atoms with Crippen LogP contribution >= 0.6 is 0 Å². The molecule has 0 radical (unpaired) electrons. The standard InChI is InChI=1S/C18H24FNO2.C17H22FNO2.C16H20FNO2.C15H18FNO2/c1-2-3-4-5-6-7-14-12-21-18(22-13-14)15-8-9-16(11-20)17(19)10-15;1-2-3-4-5-6-13-11-20-17(21-12-13)14-7-8-15(10-19)16(18)9-14;1-2-3-4-5-12-10-19-16(20-11-12)13-6-7-14(9-18)15(17)8-13;1-2-3-4-11-9-18-15(19-10-11)12-5-6-13(8-17)14(16)7-12/h8-10,14,18H,2-7,12-13H2,1H3;7-9,13,17H,2-6,11-12H2,1H3;6-8,12,16H,2-5,10-11H2,1H3;5-7,11,15H,2-4,9-10H2,1H3. The molecule has 0 N–H and O–H groups in total. The first-order valence-electron chi connectivity index (χ1n) is 29.7. The van der Waals surface area contributed by atoms with E-state index in [9.17, 15) is 17.6 Å². The zero-order chi connectivity index (χ0) is 58.9. The van der Waals surface area contributed by atoms with Crippen molar-refractivity contribution in [3.63, 3.8) is 0 Å². The van der Waals surface area contributed by atoms with E-state index in [-0.39, 0.29) is 22.3 Å². The van der Waals surface area contributed by atoms with Crippen molar-refractivity contribution in [2.45, 2.75) is 168 Å². The van der Waals surface area contributed by atoms with E-state index in [0.29, 0.717) is 98.8 Å². The Hall–Kier alpha value is -5.76. The van der Waals surface area contributed by atoms with Gasteiger partial charge in [-0.15, -0.1) is 0 Å². The van der Waals surface area contributed by atoms with Gasteiger partial charge in [0, 0.05) is 45.9 Å². The Labute approximate surface area is 484 Å². The molecule has 12 nitrogen and oxygen atoms in total. The maximum atomic E-state index is 13.6. The highest BCUT2D eigenvalue weighted by molar-refractivity contribution is 5.36. The smallest absolute Gasteiger partial charge is 0.183 e. The summed E-state index contributed by atoms with van der Waals surface area (Å²) in [7, 11) is 0. The molecule has 4 saturated heterocycles. The summed E-state index contributed by atoms with van der Waals surface area (Å²) in [4.78, 5) is 0. The first-order chi connectivity index (χ1) is 40.0. The van der Waals surface area contributed by atoms with Crippen LogP contribution in [0.3, 0.4) is 0 Å².